The molecule has 9 heteroatoms. The summed E-state index contributed by atoms with van der Waals surface area (Å²) in [6, 6.07) is 2.92. The third-order valence-corrected chi connectivity index (χ3v) is 5.17. The number of hydrogen-bond donors (Lipinski definition) is 1. The van der Waals surface area contributed by atoms with Gasteiger partial charge in [0.25, 0.3) is 0 Å². The van der Waals surface area contributed by atoms with Gasteiger partial charge in [-0.15, -0.1) is 37.2 Å². The van der Waals surface area contributed by atoms with Crippen molar-refractivity contribution >= 4 is 42.9 Å². The summed E-state index contributed by atoms with van der Waals surface area (Å²) < 4.78 is 39.5. The predicted octanol–water partition coefficient (Wildman–Crippen LogP) is 4.73. The van der Waals surface area contributed by atoms with Gasteiger partial charge >= 0.3 is 0 Å². The summed E-state index contributed by atoms with van der Waals surface area (Å²) in [5, 5.41) is 2.86. The zero-order valence-electron chi connectivity index (χ0n) is 15.3. The van der Waals surface area contributed by atoms with E-state index in [2.05, 4.69) is 15.1 Å². The zero-order valence-corrected chi connectivity index (χ0v) is 17.7. The summed E-state index contributed by atoms with van der Waals surface area (Å²) in [7, 11) is 0. The van der Waals surface area contributed by atoms with Crippen LogP contribution in [0.5, 0.6) is 0 Å². The van der Waals surface area contributed by atoms with Crippen molar-refractivity contribution < 1.29 is 13.2 Å². The van der Waals surface area contributed by atoms with E-state index in [1.165, 1.54) is 38.4 Å². The summed E-state index contributed by atoms with van der Waals surface area (Å²) >= 11 is 0. The molecule has 3 nitrogen and oxygen atoms in total. The molecule has 2 aliphatic rings. The van der Waals surface area contributed by atoms with Gasteiger partial charge in [-0.3, -0.25) is 4.90 Å². The number of halogens is 6. The molecule has 1 aromatic carbocycles. The van der Waals surface area contributed by atoms with E-state index in [0.717, 1.165) is 44.6 Å². The molecule has 1 aromatic rings. The van der Waals surface area contributed by atoms with E-state index in [-0.39, 0.29) is 42.9 Å². The molecule has 2 heterocycles. The summed E-state index contributed by atoms with van der Waals surface area (Å²) in [6.45, 7) is 6.32. The first-order valence-electron chi connectivity index (χ1n) is 8.99. The lowest BCUT2D eigenvalue weighted by Crippen LogP contribution is -2.54. The molecule has 0 aromatic heterocycles. The fourth-order valence-corrected chi connectivity index (χ4v) is 3.77. The number of unbranched alkanes of at least 4 members (excludes halogenated alkanes) is 1. The number of rotatable bonds is 6. The molecule has 2 aliphatic heterocycles. The zero-order chi connectivity index (χ0) is 16.9. The van der Waals surface area contributed by atoms with Crippen molar-refractivity contribution in [3.63, 3.8) is 0 Å². The minimum absolute atomic E-state index is 0. The first-order chi connectivity index (χ1) is 11.6. The van der Waals surface area contributed by atoms with E-state index in [1.807, 2.05) is 0 Å². The molecule has 0 saturated carbocycles. The lowest BCUT2D eigenvalue weighted by Gasteiger charge is -2.44. The van der Waals surface area contributed by atoms with Gasteiger partial charge in [0.1, 0.15) is 0 Å². The molecule has 2 fully saturated rings. The Morgan fingerprint density at radius 1 is 0.926 bits per heavy atom. The number of anilines is 1. The van der Waals surface area contributed by atoms with E-state index < -0.39 is 17.5 Å². The molecule has 3 rings (SSSR count). The first-order valence-corrected chi connectivity index (χ1v) is 8.99. The highest BCUT2D eigenvalue weighted by atomic mass is 35.5. The Labute approximate surface area is 178 Å². The quantitative estimate of drug-likeness (QED) is 0.499. The van der Waals surface area contributed by atoms with Crippen LogP contribution in [0.15, 0.2) is 12.1 Å². The molecule has 1 N–H and O–H groups in total. The van der Waals surface area contributed by atoms with Crippen LogP contribution in [0.1, 0.15) is 32.1 Å². The Kier molecular flexibility index (Phi) is 12.7. The SMILES string of the molecule is Cl.Cl.Cl.Fc1ccc(NCCCCN2CCN3CCCCC3C2)c(F)c1F. The number of hydrogen-bond acceptors (Lipinski definition) is 3. The van der Waals surface area contributed by atoms with Gasteiger partial charge in [0.15, 0.2) is 17.5 Å². The summed E-state index contributed by atoms with van der Waals surface area (Å²) in [4.78, 5) is 5.14. The van der Waals surface area contributed by atoms with E-state index in [1.54, 1.807) is 0 Å². The Balaban J connectivity index is 0.00000225. The predicted molar refractivity (Wildman–Crippen MR) is 111 cm³/mol. The maximum absolute atomic E-state index is 13.5. The second kappa shape index (κ2) is 12.9. The molecule has 0 spiro atoms. The van der Waals surface area contributed by atoms with E-state index in [9.17, 15) is 13.2 Å². The van der Waals surface area contributed by atoms with E-state index in [4.69, 9.17) is 0 Å². The second-order valence-electron chi connectivity index (χ2n) is 6.84. The Bertz CT molecular complexity index is 566. The van der Waals surface area contributed by atoms with Crippen molar-refractivity contribution in [3.8, 4) is 0 Å². The average Bonchev–Trinajstić information content (AvgIpc) is 2.61. The van der Waals surface area contributed by atoms with Gasteiger partial charge < -0.3 is 10.2 Å². The molecule has 158 valence electrons. The van der Waals surface area contributed by atoms with Gasteiger partial charge in [-0.05, 0) is 50.9 Å². The standard InChI is InChI=1S/C18H26F3N3.3ClH/c19-15-6-7-16(18(21)17(15)20)22-8-2-4-9-23-11-12-24-10-3-1-5-14(24)13-23;;;/h6-7,14,22H,1-5,8-13H2;3*1H. The van der Waals surface area contributed by atoms with Crippen molar-refractivity contribution in [2.75, 3.05) is 44.6 Å². The molecular formula is C18H29Cl3F3N3. The van der Waals surface area contributed by atoms with Gasteiger partial charge in [-0.25, -0.2) is 13.2 Å². The molecule has 0 amide bonds. The van der Waals surface area contributed by atoms with E-state index in [0.29, 0.717) is 6.54 Å². The third kappa shape index (κ3) is 7.17. The summed E-state index contributed by atoms with van der Waals surface area (Å²) in [5.41, 5.74) is 0.0321. The van der Waals surface area contributed by atoms with Crippen molar-refractivity contribution in [3.05, 3.63) is 29.6 Å². The highest BCUT2D eigenvalue weighted by Gasteiger charge is 2.28. The minimum atomic E-state index is -1.41. The van der Waals surface area contributed by atoms with Crippen molar-refractivity contribution in [2.45, 2.75) is 38.1 Å². The molecule has 27 heavy (non-hydrogen) atoms. The molecule has 1 unspecified atom stereocenters. The van der Waals surface area contributed by atoms with Crippen LogP contribution in [-0.4, -0.2) is 55.1 Å². The highest BCUT2D eigenvalue weighted by Crippen LogP contribution is 2.22. The average molecular weight is 451 g/mol. The number of piperazine rings is 1. The van der Waals surface area contributed by atoms with Gasteiger partial charge in [0, 0.05) is 32.2 Å². The Morgan fingerprint density at radius 2 is 1.70 bits per heavy atom. The normalized spacial score (nSPS) is 19.9. The smallest absolute Gasteiger partial charge is 0.196 e. The van der Waals surface area contributed by atoms with Gasteiger partial charge in [-0.1, -0.05) is 6.42 Å². The number of benzene rings is 1. The Hall–Kier alpha value is -0.400. The fourth-order valence-electron chi connectivity index (χ4n) is 3.77. The van der Waals surface area contributed by atoms with Crippen molar-refractivity contribution in [2.24, 2.45) is 0 Å². The van der Waals surface area contributed by atoms with Crippen LogP contribution in [0.2, 0.25) is 0 Å². The number of nitrogens with one attached hydrogen (secondary N) is 1. The summed E-state index contributed by atoms with van der Waals surface area (Å²) in [6.07, 6.45) is 5.89. The Morgan fingerprint density at radius 3 is 2.48 bits per heavy atom. The van der Waals surface area contributed by atoms with Crippen molar-refractivity contribution in [1.29, 1.82) is 0 Å². The first kappa shape index (κ1) is 26.6. The van der Waals surface area contributed by atoms with Gasteiger partial charge in [0.2, 0.25) is 0 Å². The summed E-state index contributed by atoms with van der Waals surface area (Å²) in [5.74, 6) is -3.70. The van der Waals surface area contributed by atoms with Crippen LogP contribution in [0.3, 0.4) is 0 Å². The molecular weight excluding hydrogens is 422 g/mol. The highest BCUT2D eigenvalue weighted by molar-refractivity contribution is 5.86. The lowest BCUT2D eigenvalue weighted by molar-refractivity contribution is 0.0488. The number of nitrogens with zero attached hydrogens (tertiary/aromatic N) is 2. The van der Waals surface area contributed by atoms with Crippen LogP contribution in [0, 0.1) is 17.5 Å². The topological polar surface area (TPSA) is 18.5 Å². The number of fused-ring (bicyclic) bond motifs is 1. The van der Waals surface area contributed by atoms with Crippen LogP contribution >= 0.6 is 37.2 Å². The lowest BCUT2D eigenvalue weighted by atomic mass is 9.99. The maximum Gasteiger partial charge on any atom is 0.196 e. The van der Waals surface area contributed by atoms with Gasteiger partial charge in [-0.2, -0.15) is 0 Å². The molecule has 0 aliphatic carbocycles. The third-order valence-electron chi connectivity index (χ3n) is 5.17. The van der Waals surface area contributed by atoms with E-state index >= 15 is 0 Å². The van der Waals surface area contributed by atoms with Crippen LogP contribution in [-0.2, 0) is 0 Å². The largest absolute Gasteiger partial charge is 0.383 e. The molecule has 1 atom stereocenters. The number of piperidine rings is 1. The maximum atomic E-state index is 13.5. The monoisotopic (exact) mass is 449 g/mol. The van der Waals surface area contributed by atoms with Crippen LogP contribution in [0.25, 0.3) is 0 Å². The second-order valence-corrected chi connectivity index (χ2v) is 6.84. The fraction of sp³-hybridized carbons (Fsp3) is 0.667. The van der Waals surface area contributed by atoms with Crippen LogP contribution in [0.4, 0.5) is 18.9 Å². The minimum Gasteiger partial charge on any atom is -0.383 e. The van der Waals surface area contributed by atoms with Crippen LogP contribution < -0.4 is 5.32 Å². The molecule has 0 radical (unpaired) electrons. The molecule has 0 bridgehead atoms. The van der Waals surface area contributed by atoms with Gasteiger partial charge in [0.05, 0.1) is 5.69 Å². The van der Waals surface area contributed by atoms with Crippen molar-refractivity contribution in [1.82, 2.24) is 9.80 Å². The molecule has 2 saturated heterocycles.